The quantitative estimate of drug-likeness (QED) is 0.750. The van der Waals surface area contributed by atoms with E-state index in [2.05, 4.69) is 0 Å². The van der Waals surface area contributed by atoms with E-state index in [1.54, 1.807) is 13.8 Å². The monoisotopic (exact) mass is 242 g/mol. The summed E-state index contributed by atoms with van der Waals surface area (Å²) >= 11 is 5.80. The predicted molar refractivity (Wildman–Crippen MR) is 51.7 cm³/mol. The fraction of sp³-hybridized carbons (Fsp3) is 0.429. The maximum atomic E-state index is 10.7. The van der Waals surface area contributed by atoms with Crippen LogP contribution in [0.2, 0.25) is 5.02 Å². The Morgan fingerprint density at radius 2 is 1.92 bits per heavy atom. The summed E-state index contributed by atoms with van der Waals surface area (Å²) in [6.07, 6.45) is 0. The molecule has 1 rings (SSSR count). The normalized spacial score (nSPS) is 12.0. The molecule has 0 bridgehead atoms. The van der Waals surface area contributed by atoms with Gasteiger partial charge >= 0.3 is 0 Å². The fourth-order valence-corrected chi connectivity index (χ4v) is 2.02. The second kappa shape index (κ2) is 3.52. The second-order valence-electron chi connectivity index (χ2n) is 2.70. The molecule has 0 saturated heterocycles. The van der Waals surface area contributed by atoms with E-state index in [9.17, 15) is 8.42 Å². The van der Waals surface area contributed by atoms with Gasteiger partial charge in [-0.1, -0.05) is 11.6 Å². The van der Waals surface area contributed by atoms with Gasteiger partial charge in [-0.2, -0.15) is 0 Å². The van der Waals surface area contributed by atoms with Crippen molar-refractivity contribution >= 4 is 31.3 Å². The summed E-state index contributed by atoms with van der Waals surface area (Å²) in [7, 11) is 1.49. The van der Waals surface area contributed by atoms with Gasteiger partial charge in [0, 0.05) is 16.2 Å². The average molecular weight is 243 g/mol. The van der Waals surface area contributed by atoms with Crippen LogP contribution >= 0.6 is 22.3 Å². The third kappa shape index (κ3) is 2.62. The van der Waals surface area contributed by atoms with E-state index in [-0.39, 0.29) is 5.75 Å². The highest BCUT2D eigenvalue weighted by Crippen LogP contribution is 2.28. The van der Waals surface area contributed by atoms with Crippen LogP contribution in [0.15, 0.2) is 4.42 Å². The Kier molecular flexibility index (Phi) is 2.95. The summed E-state index contributed by atoms with van der Waals surface area (Å²) in [5.74, 6) is 0.487. The highest BCUT2D eigenvalue weighted by Gasteiger charge is 2.17. The van der Waals surface area contributed by atoms with E-state index in [1.165, 1.54) is 0 Å². The van der Waals surface area contributed by atoms with Gasteiger partial charge in [0.15, 0.2) is 0 Å². The fourth-order valence-electron chi connectivity index (χ4n) is 0.987. The van der Waals surface area contributed by atoms with E-state index < -0.39 is 9.05 Å². The highest BCUT2D eigenvalue weighted by molar-refractivity contribution is 8.13. The molecule has 1 aromatic heterocycles. The first-order chi connectivity index (χ1) is 5.81. The van der Waals surface area contributed by atoms with Gasteiger partial charge in [-0.25, -0.2) is 8.42 Å². The van der Waals surface area contributed by atoms with Crippen LogP contribution in [0.4, 0.5) is 0 Å². The zero-order chi connectivity index (χ0) is 10.2. The van der Waals surface area contributed by atoms with Gasteiger partial charge in [0.1, 0.15) is 17.3 Å². The molecule has 0 aliphatic heterocycles. The molecule has 0 aliphatic rings. The molecule has 74 valence electrons. The standard InChI is InChI=1S/C7H8Cl2O3S/c1-4-6(3-13(9,10)11)12-5(2)7(4)8/h3H2,1-2H3. The number of halogens is 2. The maximum Gasteiger partial charge on any atom is 0.239 e. The van der Waals surface area contributed by atoms with E-state index >= 15 is 0 Å². The molecule has 1 heterocycles. The lowest BCUT2D eigenvalue weighted by Crippen LogP contribution is -1.94. The third-order valence-electron chi connectivity index (χ3n) is 1.64. The van der Waals surface area contributed by atoms with Gasteiger partial charge in [-0.05, 0) is 13.8 Å². The van der Waals surface area contributed by atoms with Crippen molar-refractivity contribution in [3.05, 3.63) is 22.1 Å². The first-order valence-electron chi connectivity index (χ1n) is 3.48. The number of rotatable bonds is 2. The molecule has 0 amide bonds. The minimum Gasteiger partial charge on any atom is -0.463 e. The first-order valence-corrected chi connectivity index (χ1v) is 6.33. The maximum absolute atomic E-state index is 10.7. The van der Waals surface area contributed by atoms with Crippen molar-refractivity contribution in [3.63, 3.8) is 0 Å². The van der Waals surface area contributed by atoms with E-state index in [4.69, 9.17) is 26.7 Å². The van der Waals surface area contributed by atoms with Crippen molar-refractivity contribution in [1.29, 1.82) is 0 Å². The van der Waals surface area contributed by atoms with Crippen LogP contribution in [0, 0.1) is 13.8 Å². The number of hydrogen-bond donors (Lipinski definition) is 0. The largest absolute Gasteiger partial charge is 0.463 e. The van der Waals surface area contributed by atoms with E-state index in [0.29, 0.717) is 22.1 Å². The van der Waals surface area contributed by atoms with E-state index in [1.807, 2.05) is 0 Å². The zero-order valence-electron chi connectivity index (χ0n) is 7.10. The van der Waals surface area contributed by atoms with Crippen LogP contribution in [0.3, 0.4) is 0 Å². The first kappa shape index (κ1) is 10.9. The van der Waals surface area contributed by atoms with Crippen LogP contribution in [-0.4, -0.2) is 8.42 Å². The summed E-state index contributed by atoms with van der Waals surface area (Å²) in [6.45, 7) is 3.36. The summed E-state index contributed by atoms with van der Waals surface area (Å²) in [6, 6.07) is 0. The zero-order valence-corrected chi connectivity index (χ0v) is 9.42. The van der Waals surface area contributed by atoms with E-state index in [0.717, 1.165) is 0 Å². The highest BCUT2D eigenvalue weighted by atomic mass is 35.7. The summed E-state index contributed by atoms with van der Waals surface area (Å²) in [5.41, 5.74) is 0.628. The molecule has 0 N–H and O–H groups in total. The molecule has 0 unspecified atom stereocenters. The molecule has 3 nitrogen and oxygen atoms in total. The molecule has 0 spiro atoms. The van der Waals surface area contributed by atoms with Gasteiger partial charge in [-0.3, -0.25) is 0 Å². The molecular weight excluding hydrogens is 235 g/mol. The smallest absolute Gasteiger partial charge is 0.239 e. The van der Waals surface area contributed by atoms with Crippen molar-refractivity contribution < 1.29 is 12.8 Å². The Balaban J connectivity index is 3.11. The Bertz CT molecular complexity index is 419. The molecule has 0 saturated carbocycles. The molecule has 6 heteroatoms. The van der Waals surface area contributed by atoms with Crippen molar-refractivity contribution in [2.45, 2.75) is 19.6 Å². The topological polar surface area (TPSA) is 47.3 Å². The number of furan rings is 1. The Morgan fingerprint density at radius 1 is 1.38 bits per heavy atom. The molecule has 0 fully saturated rings. The Morgan fingerprint density at radius 3 is 2.23 bits per heavy atom. The molecule has 1 aromatic rings. The molecule has 0 aliphatic carbocycles. The van der Waals surface area contributed by atoms with Crippen LogP contribution in [0.5, 0.6) is 0 Å². The summed E-state index contributed by atoms with van der Waals surface area (Å²) in [4.78, 5) is 0. The van der Waals surface area contributed by atoms with Crippen molar-refractivity contribution in [3.8, 4) is 0 Å². The molecule has 13 heavy (non-hydrogen) atoms. The van der Waals surface area contributed by atoms with Crippen molar-refractivity contribution in [2.75, 3.05) is 0 Å². The SMILES string of the molecule is Cc1oc(CS(=O)(=O)Cl)c(C)c1Cl. The lowest BCUT2D eigenvalue weighted by molar-refractivity contribution is 0.494. The molecular formula is C7H8Cl2O3S. The molecule has 0 radical (unpaired) electrons. The lowest BCUT2D eigenvalue weighted by atomic mass is 10.3. The lowest BCUT2D eigenvalue weighted by Gasteiger charge is -1.93. The summed E-state index contributed by atoms with van der Waals surface area (Å²) < 4.78 is 26.6. The minimum atomic E-state index is -3.58. The van der Waals surface area contributed by atoms with Crippen molar-refractivity contribution in [2.24, 2.45) is 0 Å². The van der Waals surface area contributed by atoms with Gasteiger partial charge in [0.05, 0.1) is 5.02 Å². The molecule has 0 atom stereocenters. The van der Waals surface area contributed by atoms with Crippen LogP contribution in [-0.2, 0) is 14.8 Å². The van der Waals surface area contributed by atoms with Crippen LogP contribution in [0.25, 0.3) is 0 Å². The Labute approximate surface area is 86.1 Å². The number of hydrogen-bond acceptors (Lipinski definition) is 3. The third-order valence-corrected chi connectivity index (χ3v) is 3.12. The van der Waals surface area contributed by atoms with Gasteiger partial charge in [0.2, 0.25) is 9.05 Å². The van der Waals surface area contributed by atoms with Crippen LogP contribution < -0.4 is 0 Å². The number of aryl methyl sites for hydroxylation is 1. The average Bonchev–Trinajstić information content (AvgIpc) is 2.15. The minimum absolute atomic E-state index is 0.303. The van der Waals surface area contributed by atoms with Crippen molar-refractivity contribution in [1.82, 2.24) is 0 Å². The van der Waals surface area contributed by atoms with Gasteiger partial charge in [-0.15, -0.1) is 0 Å². The van der Waals surface area contributed by atoms with Gasteiger partial charge in [0.25, 0.3) is 0 Å². The van der Waals surface area contributed by atoms with Gasteiger partial charge < -0.3 is 4.42 Å². The summed E-state index contributed by atoms with van der Waals surface area (Å²) in [5, 5.41) is 0.454. The predicted octanol–water partition coefficient (Wildman–Crippen LogP) is 2.62. The van der Waals surface area contributed by atoms with Crippen LogP contribution in [0.1, 0.15) is 17.1 Å². The second-order valence-corrected chi connectivity index (χ2v) is 5.86. The molecule has 0 aromatic carbocycles. The Hall–Kier alpha value is -0.190.